The van der Waals surface area contributed by atoms with Gasteiger partial charge in [-0.25, -0.2) is 0 Å². The van der Waals surface area contributed by atoms with Crippen LogP contribution >= 0.6 is 0 Å². The number of hydrogen-bond donors (Lipinski definition) is 0. The van der Waals surface area contributed by atoms with Crippen molar-refractivity contribution in [2.24, 2.45) is 0 Å². The highest BCUT2D eigenvalue weighted by Gasteiger charge is 1.87. The van der Waals surface area contributed by atoms with Crippen molar-refractivity contribution >= 4 is 0 Å². The van der Waals surface area contributed by atoms with E-state index in [0.29, 0.717) is 0 Å². The Balaban J connectivity index is 2.84. The lowest BCUT2D eigenvalue weighted by Crippen LogP contribution is -1.80. The molecule has 0 N–H and O–H groups in total. The third kappa shape index (κ3) is 1.73. The average Bonchev–Trinajstić information content (AvgIpc) is 1.88. The molecule has 1 radical (unpaired) electrons. The predicted octanol–water partition coefficient (Wildman–Crippen LogP) is 2.53. The highest BCUT2D eigenvalue weighted by atomic mass is 13.9. The normalized spacial score (nSPS) is 9.30. The molecule has 0 fully saturated rings. The fraction of sp³-hybridized carbons (Fsp3) is 0.200. The van der Waals surface area contributed by atoms with E-state index in [1.54, 1.807) is 6.08 Å². The summed E-state index contributed by atoms with van der Waals surface area (Å²) in [4.78, 5) is 0. The third-order valence-electron chi connectivity index (χ3n) is 1.44. The minimum absolute atomic E-state index is 0.863. The van der Waals surface area contributed by atoms with E-state index < -0.39 is 0 Å². The zero-order valence-corrected chi connectivity index (χ0v) is 6.17. The molecule has 1 rings (SSSR count). The first kappa shape index (κ1) is 7.07. The molecule has 0 saturated carbocycles. The maximum absolute atomic E-state index is 5.29. The molecule has 0 nitrogen and oxygen atoms in total. The predicted molar refractivity (Wildman–Crippen MR) is 43.8 cm³/mol. The summed E-state index contributed by atoms with van der Waals surface area (Å²) >= 11 is 0. The molecule has 1 aromatic rings. The quantitative estimate of drug-likeness (QED) is 0.578. The fourth-order valence-corrected chi connectivity index (χ4v) is 0.975. The number of aryl methyl sites for hydroxylation is 1. The Morgan fingerprint density at radius 1 is 1.50 bits per heavy atom. The average molecular weight is 131 g/mol. The zero-order valence-electron chi connectivity index (χ0n) is 6.17. The Hall–Kier alpha value is -1.04. The van der Waals surface area contributed by atoms with Crippen molar-refractivity contribution in [3.8, 4) is 0 Å². The molecule has 0 atom stereocenters. The maximum Gasteiger partial charge on any atom is -0.00942 e. The van der Waals surface area contributed by atoms with E-state index in [1.165, 1.54) is 11.1 Å². The molecule has 10 heavy (non-hydrogen) atoms. The van der Waals surface area contributed by atoms with E-state index in [2.05, 4.69) is 25.1 Å². The van der Waals surface area contributed by atoms with E-state index in [9.17, 15) is 0 Å². The molecule has 0 heteroatoms. The molecule has 0 aliphatic rings. The number of rotatable bonds is 2. The van der Waals surface area contributed by atoms with Gasteiger partial charge in [0.15, 0.2) is 0 Å². The molecule has 0 amide bonds. The van der Waals surface area contributed by atoms with E-state index in [-0.39, 0.29) is 0 Å². The summed E-state index contributed by atoms with van der Waals surface area (Å²) in [6, 6.07) is 8.36. The Kier molecular flexibility index (Phi) is 2.27. The van der Waals surface area contributed by atoms with Crippen LogP contribution in [0.25, 0.3) is 0 Å². The van der Waals surface area contributed by atoms with Gasteiger partial charge >= 0.3 is 0 Å². The van der Waals surface area contributed by atoms with Crippen LogP contribution in [0, 0.1) is 13.5 Å². The minimum atomic E-state index is 0.863. The second-order valence-electron chi connectivity index (χ2n) is 2.43. The second kappa shape index (κ2) is 3.21. The van der Waals surface area contributed by atoms with Crippen LogP contribution in [0.2, 0.25) is 0 Å². The van der Waals surface area contributed by atoms with Gasteiger partial charge in [-0.1, -0.05) is 42.5 Å². The summed E-state index contributed by atoms with van der Waals surface area (Å²) in [7, 11) is 0. The monoisotopic (exact) mass is 131 g/mol. The van der Waals surface area contributed by atoms with Gasteiger partial charge in [0.2, 0.25) is 0 Å². The van der Waals surface area contributed by atoms with Crippen LogP contribution in [0.5, 0.6) is 0 Å². The second-order valence-corrected chi connectivity index (χ2v) is 2.43. The molecule has 0 aromatic heterocycles. The van der Waals surface area contributed by atoms with Crippen molar-refractivity contribution in [1.82, 2.24) is 0 Å². The summed E-state index contributed by atoms with van der Waals surface area (Å²) in [6.07, 6.45) is 2.54. The summed E-state index contributed by atoms with van der Waals surface area (Å²) in [5.41, 5.74) is 2.57. The Bertz CT molecular complexity index is 223. The first-order valence-electron chi connectivity index (χ1n) is 3.42. The van der Waals surface area contributed by atoms with Gasteiger partial charge in [-0.2, -0.15) is 0 Å². The Labute approximate surface area is 62.2 Å². The van der Waals surface area contributed by atoms with Crippen LogP contribution in [-0.2, 0) is 6.42 Å². The van der Waals surface area contributed by atoms with E-state index in [4.69, 9.17) is 6.58 Å². The summed E-state index contributed by atoms with van der Waals surface area (Å²) < 4.78 is 0. The molecule has 0 aliphatic heterocycles. The number of benzene rings is 1. The van der Waals surface area contributed by atoms with Crippen LogP contribution in [0.15, 0.2) is 30.3 Å². The van der Waals surface area contributed by atoms with E-state index >= 15 is 0 Å². The highest BCUT2D eigenvalue weighted by molar-refractivity contribution is 5.23. The minimum Gasteiger partial charge on any atom is -0.0801 e. The van der Waals surface area contributed by atoms with Gasteiger partial charge in [-0.3, -0.25) is 0 Å². The molecule has 0 spiro atoms. The van der Waals surface area contributed by atoms with Gasteiger partial charge in [-0.15, -0.1) is 0 Å². The van der Waals surface area contributed by atoms with Crippen molar-refractivity contribution in [2.75, 3.05) is 0 Å². The molecule has 0 bridgehead atoms. The fourth-order valence-electron chi connectivity index (χ4n) is 0.975. The summed E-state index contributed by atoms with van der Waals surface area (Å²) in [5.74, 6) is 0. The molecule has 51 valence electrons. The van der Waals surface area contributed by atoms with Crippen molar-refractivity contribution in [3.05, 3.63) is 48.0 Å². The summed E-state index contributed by atoms with van der Waals surface area (Å²) in [6.45, 7) is 7.37. The van der Waals surface area contributed by atoms with Crippen molar-refractivity contribution < 1.29 is 0 Å². The highest BCUT2D eigenvalue weighted by Crippen LogP contribution is 2.04. The van der Waals surface area contributed by atoms with Crippen molar-refractivity contribution in [1.29, 1.82) is 0 Å². The Morgan fingerprint density at radius 2 is 2.30 bits per heavy atom. The molecule has 0 unspecified atom stereocenters. The molecule has 0 saturated heterocycles. The van der Waals surface area contributed by atoms with Crippen LogP contribution < -0.4 is 0 Å². The topological polar surface area (TPSA) is 0 Å². The zero-order chi connectivity index (χ0) is 7.40. The lowest BCUT2D eigenvalue weighted by Gasteiger charge is -1.96. The smallest absolute Gasteiger partial charge is 0.00942 e. The van der Waals surface area contributed by atoms with Gasteiger partial charge in [0.1, 0.15) is 0 Å². The van der Waals surface area contributed by atoms with Gasteiger partial charge < -0.3 is 0 Å². The molecular weight excluding hydrogens is 120 g/mol. The Morgan fingerprint density at radius 3 is 2.90 bits per heavy atom. The van der Waals surface area contributed by atoms with E-state index in [1.807, 2.05) is 6.07 Å². The number of hydrogen-bond acceptors (Lipinski definition) is 0. The van der Waals surface area contributed by atoms with E-state index in [0.717, 1.165) is 6.42 Å². The van der Waals surface area contributed by atoms with Crippen molar-refractivity contribution in [3.63, 3.8) is 0 Å². The summed E-state index contributed by atoms with van der Waals surface area (Å²) in [5, 5.41) is 0. The van der Waals surface area contributed by atoms with Gasteiger partial charge in [-0.05, 0) is 18.9 Å². The molecular formula is C10H11. The molecule has 0 aliphatic carbocycles. The van der Waals surface area contributed by atoms with Gasteiger partial charge in [0, 0.05) is 0 Å². The molecule has 1 aromatic carbocycles. The van der Waals surface area contributed by atoms with Crippen LogP contribution in [0.3, 0.4) is 0 Å². The largest absolute Gasteiger partial charge is 0.0801 e. The first-order chi connectivity index (χ1) is 4.83. The number of allylic oxidation sites excluding steroid dienone is 1. The lowest BCUT2D eigenvalue weighted by molar-refractivity contribution is 1.25. The van der Waals surface area contributed by atoms with Crippen LogP contribution in [0.4, 0.5) is 0 Å². The van der Waals surface area contributed by atoms with Gasteiger partial charge in [0.25, 0.3) is 0 Å². The standard InChI is InChI=1S/C10H11/c1-3-5-10-7-4-6-9(2)8-10/h1,3-4,6-8H,5H2,2H3. The van der Waals surface area contributed by atoms with Crippen molar-refractivity contribution in [2.45, 2.75) is 13.3 Å². The SMILES string of the molecule is [CH]=CCc1cccc(C)c1. The maximum atomic E-state index is 5.29. The lowest BCUT2D eigenvalue weighted by atomic mass is 10.1. The van der Waals surface area contributed by atoms with Crippen LogP contribution in [-0.4, -0.2) is 0 Å². The van der Waals surface area contributed by atoms with Gasteiger partial charge in [0.05, 0.1) is 0 Å². The van der Waals surface area contributed by atoms with Crippen LogP contribution in [0.1, 0.15) is 11.1 Å². The third-order valence-corrected chi connectivity index (χ3v) is 1.44. The molecule has 0 heterocycles. The first-order valence-corrected chi connectivity index (χ1v) is 3.42.